The molecule has 0 atom stereocenters. The molecular formula is CHB2F8N-2. The van der Waals surface area contributed by atoms with Crippen LogP contribution < -0.4 is 0 Å². The normalized spacial score (nSPS) is 10.2. The van der Waals surface area contributed by atoms with E-state index >= 15 is 0 Å². The molecule has 0 unspecified atom stereocenters. The average Bonchev–Trinajstić information content (AvgIpc) is 1.59. The maximum Gasteiger partial charge on any atom is 0.673 e. The van der Waals surface area contributed by atoms with Crippen LogP contribution in [0.2, 0.25) is 0 Å². The average molecular weight is 201 g/mol. The van der Waals surface area contributed by atoms with Gasteiger partial charge in [0.1, 0.15) is 0 Å². The van der Waals surface area contributed by atoms with Crippen LogP contribution in [0.3, 0.4) is 0 Å². The molecule has 74 valence electrons. The minimum atomic E-state index is -6.00. The second-order valence-electron chi connectivity index (χ2n) is 0.990. The standard InChI is InChI=1S/CHN.2BF4/c1-2;2*2-1(3,4)5/h1H;;/q;2*-1. The predicted octanol–water partition coefficient (Wildman–Crippen LogP) is 2.74. The molecule has 0 aromatic heterocycles. The molecule has 0 saturated carbocycles. The first-order valence-electron chi connectivity index (χ1n) is 2.00. The molecule has 0 aliphatic rings. The van der Waals surface area contributed by atoms with Crippen molar-refractivity contribution in [2.45, 2.75) is 0 Å². The van der Waals surface area contributed by atoms with E-state index in [0.29, 0.717) is 0 Å². The quantitative estimate of drug-likeness (QED) is 0.436. The topological polar surface area (TPSA) is 23.8 Å². The van der Waals surface area contributed by atoms with Crippen molar-refractivity contribution in [3.63, 3.8) is 0 Å². The van der Waals surface area contributed by atoms with Crippen molar-refractivity contribution < 1.29 is 34.5 Å². The second kappa shape index (κ2) is 6.75. The summed E-state index contributed by atoms with van der Waals surface area (Å²) in [5, 5.41) is 6.50. The molecule has 11 heteroatoms. The number of nitriles is 1. The minimum Gasteiger partial charge on any atom is -0.418 e. The molecule has 12 heavy (non-hydrogen) atoms. The summed E-state index contributed by atoms with van der Waals surface area (Å²) in [5.41, 5.74) is 0. The summed E-state index contributed by atoms with van der Waals surface area (Å²) in [6.45, 7) is 3.50. The number of hydrogen-bond donors (Lipinski definition) is 0. The fourth-order valence-electron chi connectivity index (χ4n) is 0. The molecule has 0 saturated heterocycles. The van der Waals surface area contributed by atoms with E-state index in [2.05, 4.69) is 6.57 Å². The van der Waals surface area contributed by atoms with Gasteiger partial charge in [-0.1, -0.05) is 0 Å². The lowest BCUT2D eigenvalue weighted by Crippen LogP contribution is -2.02. The third-order valence-corrected chi connectivity index (χ3v) is 0. The third-order valence-electron chi connectivity index (χ3n) is 0. The molecule has 0 aromatic rings. The van der Waals surface area contributed by atoms with Crippen LogP contribution in [-0.4, -0.2) is 14.5 Å². The Hall–Kier alpha value is -0.940. The van der Waals surface area contributed by atoms with Gasteiger partial charge >= 0.3 is 14.5 Å². The first kappa shape index (κ1) is 17.2. The van der Waals surface area contributed by atoms with Crippen molar-refractivity contribution in [1.29, 1.82) is 5.26 Å². The van der Waals surface area contributed by atoms with E-state index in [1.54, 1.807) is 0 Å². The molecule has 0 aliphatic carbocycles. The first-order chi connectivity index (χ1) is 5.00. The minimum absolute atomic E-state index is 3.50. The van der Waals surface area contributed by atoms with Crippen LogP contribution in [0.15, 0.2) is 0 Å². The maximum atomic E-state index is 9.75. The highest BCUT2D eigenvalue weighted by molar-refractivity contribution is 6.50. The fraction of sp³-hybridized carbons (Fsp3) is 0. The summed E-state index contributed by atoms with van der Waals surface area (Å²) in [6, 6.07) is 0. The highest BCUT2D eigenvalue weighted by atomic mass is 19.5. The second-order valence-corrected chi connectivity index (χ2v) is 0.990. The molecule has 0 aliphatic heterocycles. The SMILES string of the molecule is C#N.F[B-](F)(F)F.F[B-](F)(F)F. The Labute approximate surface area is 62.2 Å². The number of nitrogens with zero attached hydrogens (tertiary/aromatic N) is 1. The Morgan fingerprint density at radius 1 is 0.583 bits per heavy atom. The summed E-state index contributed by atoms with van der Waals surface area (Å²) in [6.07, 6.45) is 0. The smallest absolute Gasteiger partial charge is 0.418 e. The maximum absolute atomic E-state index is 9.75. The van der Waals surface area contributed by atoms with Crippen LogP contribution in [0.1, 0.15) is 0 Å². The zero-order valence-corrected chi connectivity index (χ0v) is 5.20. The summed E-state index contributed by atoms with van der Waals surface area (Å²) in [4.78, 5) is 0. The summed E-state index contributed by atoms with van der Waals surface area (Å²) in [5.74, 6) is 0. The lowest BCUT2D eigenvalue weighted by atomic mass is 10.3. The van der Waals surface area contributed by atoms with Crippen molar-refractivity contribution in [3.05, 3.63) is 0 Å². The third kappa shape index (κ3) is 666. The highest BCUT2D eigenvalue weighted by Gasteiger charge is 2.21. The summed E-state index contributed by atoms with van der Waals surface area (Å²) >= 11 is 0. The number of rotatable bonds is 0. The van der Waals surface area contributed by atoms with Crippen molar-refractivity contribution in [2.75, 3.05) is 0 Å². The van der Waals surface area contributed by atoms with Gasteiger partial charge in [0.05, 0.1) is 0 Å². The monoisotopic (exact) mass is 201 g/mol. The van der Waals surface area contributed by atoms with Crippen LogP contribution >= 0.6 is 0 Å². The number of hydrogen-bond acceptors (Lipinski definition) is 1. The molecule has 0 aromatic carbocycles. The Balaban J connectivity index is -0.000000112. The van der Waals surface area contributed by atoms with Crippen LogP contribution in [-0.2, 0) is 0 Å². The molecule has 0 radical (unpaired) electrons. The summed E-state index contributed by atoms with van der Waals surface area (Å²) in [7, 11) is -12.0. The van der Waals surface area contributed by atoms with Gasteiger partial charge in [-0.15, -0.1) is 0 Å². The van der Waals surface area contributed by atoms with Crippen molar-refractivity contribution in [3.8, 4) is 6.57 Å². The van der Waals surface area contributed by atoms with E-state index in [9.17, 15) is 34.5 Å². The van der Waals surface area contributed by atoms with Crippen LogP contribution in [0.4, 0.5) is 34.5 Å². The molecule has 0 rings (SSSR count). The molecule has 0 heterocycles. The van der Waals surface area contributed by atoms with Gasteiger partial charge in [0, 0.05) is 6.57 Å². The van der Waals surface area contributed by atoms with E-state index in [4.69, 9.17) is 5.26 Å². The predicted molar refractivity (Wildman–Crippen MR) is 27.0 cm³/mol. The largest absolute Gasteiger partial charge is 0.673 e. The lowest BCUT2D eigenvalue weighted by molar-refractivity contribution is 0.366. The fourth-order valence-corrected chi connectivity index (χ4v) is 0. The molecule has 0 fully saturated rings. The molecular weight excluding hydrogens is 200 g/mol. The zero-order valence-electron chi connectivity index (χ0n) is 5.20. The van der Waals surface area contributed by atoms with Crippen molar-refractivity contribution in [1.82, 2.24) is 0 Å². The molecule has 0 spiro atoms. The van der Waals surface area contributed by atoms with Crippen molar-refractivity contribution in [2.24, 2.45) is 0 Å². The van der Waals surface area contributed by atoms with Crippen LogP contribution in [0.25, 0.3) is 0 Å². The lowest BCUT2D eigenvalue weighted by Gasteiger charge is -1.94. The van der Waals surface area contributed by atoms with Crippen LogP contribution in [0, 0.1) is 11.8 Å². The molecule has 0 N–H and O–H groups in total. The summed E-state index contributed by atoms with van der Waals surface area (Å²) < 4.78 is 78.0. The molecule has 0 bridgehead atoms. The van der Waals surface area contributed by atoms with Crippen molar-refractivity contribution >= 4 is 14.5 Å². The highest BCUT2D eigenvalue weighted by Crippen LogP contribution is 2.07. The number of halogens is 8. The van der Waals surface area contributed by atoms with Crippen LogP contribution in [0.5, 0.6) is 0 Å². The first-order valence-corrected chi connectivity index (χ1v) is 2.00. The Bertz CT molecular complexity index is 86.5. The van der Waals surface area contributed by atoms with Gasteiger partial charge in [0.25, 0.3) is 0 Å². The Morgan fingerprint density at radius 2 is 0.583 bits per heavy atom. The van der Waals surface area contributed by atoms with E-state index in [1.807, 2.05) is 0 Å². The van der Waals surface area contributed by atoms with E-state index in [0.717, 1.165) is 0 Å². The molecule has 0 amide bonds. The Kier molecular flexibility index (Phi) is 9.69. The Morgan fingerprint density at radius 3 is 0.583 bits per heavy atom. The van der Waals surface area contributed by atoms with Gasteiger partial charge in [-0.3, -0.25) is 0 Å². The van der Waals surface area contributed by atoms with E-state index in [-0.39, 0.29) is 0 Å². The van der Waals surface area contributed by atoms with Gasteiger partial charge in [-0.2, -0.15) is 0 Å². The van der Waals surface area contributed by atoms with Gasteiger partial charge in [-0.05, 0) is 0 Å². The van der Waals surface area contributed by atoms with Gasteiger partial charge in [0.2, 0.25) is 0 Å². The van der Waals surface area contributed by atoms with E-state index in [1.165, 1.54) is 0 Å². The van der Waals surface area contributed by atoms with Gasteiger partial charge < -0.3 is 34.5 Å². The van der Waals surface area contributed by atoms with E-state index < -0.39 is 14.5 Å². The van der Waals surface area contributed by atoms with Gasteiger partial charge in [0.15, 0.2) is 0 Å². The molecule has 1 nitrogen and oxygen atoms in total. The van der Waals surface area contributed by atoms with Gasteiger partial charge in [-0.25, -0.2) is 5.26 Å². The zero-order chi connectivity index (χ0) is 11.0.